The number of benzene rings is 2. The first kappa shape index (κ1) is 11.2. The van der Waals surface area contributed by atoms with Crippen molar-refractivity contribution in [2.45, 2.75) is 0 Å². The monoisotopic (exact) mass is 305 g/mol. The van der Waals surface area contributed by atoms with Gasteiger partial charge < -0.3 is 9.84 Å². The molecule has 0 radical (unpaired) electrons. The van der Waals surface area contributed by atoms with E-state index in [1.165, 1.54) is 0 Å². The van der Waals surface area contributed by atoms with Gasteiger partial charge in [-0.1, -0.05) is 28.1 Å². The van der Waals surface area contributed by atoms with E-state index in [-0.39, 0.29) is 6.61 Å². The number of halogens is 1. The third-order valence-electron chi connectivity index (χ3n) is 2.75. The highest BCUT2D eigenvalue weighted by atomic mass is 79.9. The minimum absolute atomic E-state index is 0.371. The molecule has 2 aromatic rings. The second kappa shape index (κ2) is 4.10. The van der Waals surface area contributed by atoms with Crippen LogP contribution in [0.15, 0.2) is 39.8 Å². The first-order valence-electron chi connectivity index (χ1n) is 5.31. The van der Waals surface area contributed by atoms with Crippen LogP contribution < -0.4 is 0 Å². The summed E-state index contributed by atoms with van der Waals surface area (Å²) in [5.74, 6) is -0.641. The first-order valence-corrected chi connectivity index (χ1v) is 6.11. The molecule has 3 rings (SSSR count). The molecule has 5 heteroatoms. The number of carboxylic acid groups (broad SMARTS) is 1. The van der Waals surface area contributed by atoms with E-state index in [9.17, 15) is 4.79 Å². The molecule has 4 nitrogen and oxygen atoms in total. The zero-order valence-corrected chi connectivity index (χ0v) is 10.8. The van der Waals surface area contributed by atoms with Gasteiger partial charge in [0.25, 0.3) is 0 Å². The van der Waals surface area contributed by atoms with Crippen LogP contribution in [0.4, 0.5) is 5.69 Å². The average molecular weight is 306 g/mol. The predicted octanol–water partition coefficient (Wildman–Crippen LogP) is 3.10. The Bertz CT molecular complexity index is 694. The van der Waals surface area contributed by atoms with Gasteiger partial charge in [-0.2, -0.15) is 0 Å². The van der Waals surface area contributed by atoms with E-state index in [1.807, 2.05) is 30.3 Å². The Morgan fingerprint density at radius 1 is 1.33 bits per heavy atom. The fraction of sp³-hybridized carbons (Fsp3) is 0.0769. The maximum atomic E-state index is 10.5. The molecule has 90 valence electrons. The molecular formula is C13H8BrNO3. The molecule has 18 heavy (non-hydrogen) atoms. The quantitative estimate of drug-likeness (QED) is 0.927. The number of carbonyl (C=O) groups is 1. The second-order valence-corrected chi connectivity index (χ2v) is 4.75. The smallest absolute Gasteiger partial charge is 0.341 e. The van der Waals surface area contributed by atoms with Crippen LogP contribution in [-0.4, -0.2) is 23.6 Å². The van der Waals surface area contributed by atoms with Crippen molar-refractivity contribution in [2.24, 2.45) is 4.99 Å². The highest BCUT2D eigenvalue weighted by Crippen LogP contribution is 2.38. The molecule has 1 aliphatic heterocycles. The van der Waals surface area contributed by atoms with E-state index in [2.05, 4.69) is 20.9 Å². The summed E-state index contributed by atoms with van der Waals surface area (Å²) in [6.07, 6.45) is 0. The Morgan fingerprint density at radius 2 is 2.17 bits per heavy atom. The van der Waals surface area contributed by atoms with Crippen molar-refractivity contribution in [1.29, 1.82) is 0 Å². The van der Waals surface area contributed by atoms with Gasteiger partial charge in [0.15, 0.2) is 6.61 Å². The number of aliphatic imine (C=N–C) groups is 1. The fourth-order valence-corrected chi connectivity index (χ4v) is 2.50. The van der Waals surface area contributed by atoms with Gasteiger partial charge in [-0.3, -0.25) is 0 Å². The Kier molecular flexibility index (Phi) is 2.56. The summed E-state index contributed by atoms with van der Waals surface area (Å²) in [5, 5.41) is 10.7. The molecule has 1 aliphatic rings. The summed E-state index contributed by atoms with van der Waals surface area (Å²) < 4.78 is 6.20. The fourth-order valence-electron chi connectivity index (χ4n) is 2.03. The number of nitrogens with zero attached hydrogens (tertiary/aromatic N) is 1. The number of hydrogen-bond acceptors (Lipinski definition) is 3. The number of carboxylic acids is 1. The van der Waals surface area contributed by atoms with Gasteiger partial charge in [-0.25, -0.2) is 9.79 Å². The van der Waals surface area contributed by atoms with Crippen LogP contribution >= 0.6 is 15.9 Å². The van der Waals surface area contributed by atoms with Gasteiger partial charge in [-0.15, -0.1) is 0 Å². The van der Waals surface area contributed by atoms with Crippen LogP contribution in [0.3, 0.4) is 0 Å². The molecule has 2 aromatic carbocycles. The minimum atomic E-state index is -1.01. The zero-order chi connectivity index (χ0) is 12.7. The molecular weight excluding hydrogens is 298 g/mol. The van der Waals surface area contributed by atoms with Crippen LogP contribution in [-0.2, 0) is 9.53 Å². The highest BCUT2D eigenvalue weighted by molar-refractivity contribution is 9.10. The van der Waals surface area contributed by atoms with E-state index < -0.39 is 5.97 Å². The summed E-state index contributed by atoms with van der Waals surface area (Å²) in [6.45, 7) is -0.385. The normalized spacial score (nSPS) is 12.6. The minimum Gasteiger partial charge on any atom is -0.479 e. The van der Waals surface area contributed by atoms with Crippen molar-refractivity contribution >= 4 is 44.3 Å². The van der Waals surface area contributed by atoms with Gasteiger partial charge in [0.2, 0.25) is 5.90 Å². The third kappa shape index (κ3) is 1.67. The van der Waals surface area contributed by atoms with E-state index in [0.717, 1.165) is 26.5 Å². The molecule has 0 bridgehead atoms. The van der Waals surface area contributed by atoms with Crippen molar-refractivity contribution in [3.8, 4) is 0 Å². The predicted molar refractivity (Wildman–Crippen MR) is 71.4 cm³/mol. The van der Waals surface area contributed by atoms with Crippen molar-refractivity contribution in [1.82, 2.24) is 0 Å². The molecule has 0 fully saturated rings. The molecule has 1 heterocycles. The maximum Gasteiger partial charge on any atom is 0.341 e. The summed E-state index contributed by atoms with van der Waals surface area (Å²) in [6, 6.07) is 9.57. The van der Waals surface area contributed by atoms with Gasteiger partial charge >= 0.3 is 5.97 Å². The van der Waals surface area contributed by atoms with E-state index in [1.54, 1.807) is 0 Å². The Balaban J connectivity index is 2.12. The Hall–Kier alpha value is -1.88. The van der Waals surface area contributed by atoms with Crippen LogP contribution in [0.5, 0.6) is 0 Å². The highest BCUT2D eigenvalue weighted by Gasteiger charge is 2.21. The van der Waals surface area contributed by atoms with Crippen molar-refractivity contribution in [3.63, 3.8) is 0 Å². The van der Waals surface area contributed by atoms with Gasteiger partial charge in [0.05, 0.1) is 5.69 Å². The summed E-state index contributed by atoms with van der Waals surface area (Å²) in [5.41, 5.74) is 1.65. The van der Waals surface area contributed by atoms with Gasteiger partial charge in [0, 0.05) is 15.4 Å². The Morgan fingerprint density at radius 3 is 2.94 bits per heavy atom. The molecule has 0 aliphatic carbocycles. The van der Waals surface area contributed by atoms with Crippen molar-refractivity contribution in [3.05, 3.63) is 40.4 Å². The number of ether oxygens (including phenoxy) is 1. The average Bonchev–Trinajstić information content (AvgIpc) is 2.71. The standard InChI is InChI=1S/C13H8BrNO3/c14-9-4-5-10-12-7(9)2-1-3-8(12)13(15-10)18-6-11(16)17/h1-5H,6H2,(H,16,17). The lowest BCUT2D eigenvalue weighted by atomic mass is 10.1. The molecule has 0 atom stereocenters. The molecule has 0 amide bonds. The van der Waals surface area contributed by atoms with E-state index in [4.69, 9.17) is 9.84 Å². The second-order valence-electron chi connectivity index (χ2n) is 3.89. The molecule has 0 spiro atoms. The van der Waals surface area contributed by atoms with Crippen molar-refractivity contribution < 1.29 is 14.6 Å². The summed E-state index contributed by atoms with van der Waals surface area (Å²) in [7, 11) is 0. The van der Waals surface area contributed by atoms with Crippen LogP contribution in [0, 0.1) is 0 Å². The lowest BCUT2D eigenvalue weighted by Crippen LogP contribution is -2.12. The number of rotatable bonds is 2. The summed E-state index contributed by atoms with van der Waals surface area (Å²) >= 11 is 3.49. The molecule has 0 unspecified atom stereocenters. The van der Waals surface area contributed by atoms with Gasteiger partial charge in [0.1, 0.15) is 0 Å². The van der Waals surface area contributed by atoms with E-state index >= 15 is 0 Å². The van der Waals surface area contributed by atoms with E-state index in [0.29, 0.717) is 5.90 Å². The lowest BCUT2D eigenvalue weighted by molar-refractivity contribution is -0.139. The lowest BCUT2D eigenvalue weighted by Gasteiger charge is -2.05. The molecule has 0 saturated heterocycles. The molecule has 0 saturated carbocycles. The van der Waals surface area contributed by atoms with Crippen LogP contribution in [0.25, 0.3) is 10.8 Å². The van der Waals surface area contributed by atoms with Crippen LogP contribution in [0.2, 0.25) is 0 Å². The zero-order valence-electron chi connectivity index (χ0n) is 9.18. The largest absolute Gasteiger partial charge is 0.479 e. The third-order valence-corrected chi connectivity index (χ3v) is 3.44. The summed E-state index contributed by atoms with van der Waals surface area (Å²) in [4.78, 5) is 14.9. The van der Waals surface area contributed by atoms with Gasteiger partial charge in [-0.05, 0) is 23.6 Å². The van der Waals surface area contributed by atoms with Crippen LogP contribution in [0.1, 0.15) is 5.56 Å². The van der Waals surface area contributed by atoms with Crippen molar-refractivity contribution in [2.75, 3.05) is 6.61 Å². The SMILES string of the molecule is O=C(O)COC1=Nc2ccc(Br)c3cccc1c23. The first-order chi connectivity index (χ1) is 8.66. The maximum absolute atomic E-state index is 10.5. The number of hydrogen-bond donors (Lipinski definition) is 1. The Labute approximate surface area is 111 Å². The topological polar surface area (TPSA) is 58.9 Å². The number of aliphatic carboxylic acids is 1. The molecule has 1 N–H and O–H groups in total. The molecule has 0 aromatic heterocycles.